The number of halogens is 2. The van der Waals surface area contributed by atoms with Gasteiger partial charge in [-0.3, -0.25) is 4.79 Å². The Bertz CT molecular complexity index is 657. The van der Waals surface area contributed by atoms with Crippen LogP contribution in [-0.2, 0) is 0 Å². The quantitative estimate of drug-likeness (QED) is 0.849. The van der Waals surface area contributed by atoms with E-state index in [4.69, 9.17) is 11.6 Å². The van der Waals surface area contributed by atoms with Crippen LogP contribution >= 0.6 is 38.9 Å². The Morgan fingerprint density at radius 3 is 2.70 bits per heavy atom. The molecule has 6 heteroatoms. The molecule has 0 bridgehead atoms. The van der Waals surface area contributed by atoms with Gasteiger partial charge in [0, 0.05) is 14.9 Å². The number of carbonyl (C=O) groups is 1. The predicted molar refractivity (Wildman–Crippen MR) is 86.6 cm³/mol. The molecule has 0 radical (unpaired) electrons. The van der Waals surface area contributed by atoms with Crippen LogP contribution in [0.4, 0.5) is 0 Å². The van der Waals surface area contributed by atoms with Crippen LogP contribution < -0.4 is 5.32 Å². The molecule has 2 aromatic rings. The van der Waals surface area contributed by atoms with Crippen LogP contribution in [0, 0.1) is 13.8 Å². The zero-order chi connectivity index (χ0) is 14.9. The summed E-state index contributed by atoms with van der Waals surface area (Å²) in [5.41, 5.74) is 1.55. The highest BCUT2D eigenvalue weighted by Crippen LogP contribution is 2.26. The van der Waals surface area contributed by atoms with Crippen molar-refractivity contribution in [3.05, 3.63) is 48.8 Å². The van der Waals surface area contributed by atoms with Gasteiger partial charge >= 0.3 is 0 Å². The van der Waals surface area contributed by atoms with Gasteiger partial charge in [-0.25, -0.2) is 4.98 Å². The first-order chi connectivity index (χ1) is 9.38. The number of aromatic nitrogens is 1. The summed E-state index contributed by atoms with van der Waals surface area (Å²) in [7, 11) is 0. The molecule has 1 unspecified atom stereocenters. The van der Waals surface area contributed by atoms with Crippen LogP contribution in [0.3, 0.4) is 0 Å². The van der Waals surface area contributed by atoms with E-state index in [0.29, 0.717) is 15.1 Å². The molecule has 106 valence electrons. The average molecular weight is 374 g/mol. The van der Waals surface area contributed by atoms with E-state index in [2.05, 4.69) is 26.2 Å². The third kappa shape index (κ3) is 3.40. The lowest BCUT2D eigenvalue weighted by atomic mass is 10.2. The molecule has 1 aromatic heterocycles. The van der Waals surface area contributed by atoms with E-state index < -0.39 is 0 Å². The SMILES string of the molecule is Cc1nc(C)c(C(C)NC(=O)c2ccc(Cl)c(Br)c2)s1. The summed E-state index contributed by atoms with van der Waals surface area (Å²) in [6, 6.07) is 5.06. The zero-order valence-electron chi connectivity index (χ0n) is 11.3. The molecule has 0 saturated carbocycles. The number of rotatable bonds is 3. The lowest BCUT2D eigenvalue weighted by Gasteiger charge is -2.13. The molecule has 3 nitrogen and oxygen atoms in total. The summed E-state index contributed by atoms with van der Waals surface area (Å²) in [5, 5.41) is 4.57. The van der Waals surface area contributed by atoms with Gasteiger partial charge in [-0.2, -0.15) is 0 Å². The van der Waals surface area contributed by atoms with Crippen molar-refractivity contribution in [3.8, 4) is 0 Å². The summed E-state index contributed by atoms with van der Waals surface area (Å²) in [4.78, 5) is 17.7. The normalized spacial score (nSPS) is 12.2. The van der Waals surface area contributed by atoms with Crippen molar-refractivity contribution in [1.82, 2.24) is 10.3 Å². The molecule has 0 saturated heterocycles. The molecule has 1 atom stereocenters. The van der Waals surface area contributed by atoms with Crippen molar-refractivity contribution < 1.29 is 4.79 Å². The lowest BCUT2D eigenvalue weighted by Crippen LogP contribution is -2.26. The summed E-state index contributed by atoms with van der Waals surface area (Å²) in [5.74, 6) is -0.125. The number of nitrogens with one attached hydrogen (secondary N) is 1. The van der Waals surface area contributed by atoms with E-state index in [0.717, 1.165) is 15.6 Å². The first-order valence-corrected chi connectivity index (χ1v) is 8.07. The molecule has 1 N–H and O–H groups in total. The minimum Gasteiger partial charge on any atom is -0.345 e. The fraction of sp³-hybridized carbons (Fsp3) is 0.286. The average Bonchev–Trinajstić information content (AvgIpc) is 2.71. The van der Waals surface area contributed by atoms with E-state index >= 15 is 0 Å². The first kappa shape index (κ1) is 15.5. The Balaban J connectivity index is 2.15. The summed E-state index contributed by atoms with van der Waals surface area (Å²) >= 11 is 10.9. The summed E-state index contributed by atoms with van der Waals surface area (Å²) in [6.45, 7) is 5.88. The molecular formula is C14H14BrClN2OS. The van der Waals surface area contributed by atoms with Gasteiger partial charge < -0.3 is 5.32 Å². The Hall–Kier alpha value is -0.910. The number of amides is 1. The molecule has 20 heavy (non-hydrogen) atoms. The topological polar surface area (TPSA) is 42.0 Å². The van der Waals surface area contributed by atoms with Crippen LogP contribution in [-0.4, -0.2) is 10.9 Å². The second-order valence-corrected chi connectivity index (χ2v) is 7.00. The lowest BCUT2D eigenvalue weighted by molar-refractivity contribution is 0.0940. The van der Waals surface area contributed by atoms with Crippen molar-refractivity contribution in [3.63, 3.8) is 0 Å². The van der Waals surface area contributed by atoms with Crippen LogP contribution in [0.1, 0.15) is 38.9 Å². The molecule has 1 aromatic carbocycles. The van der Waals surface area contributed by atoms with Gasteiger partial charge in [-0.1, -0.05) is 11.6 Å². The monoisotopic (exact) mass is 372 g/mol. The number of hydrogen-bond acceptors (Lipinski definition) is 3. The second-order valence-electron chi connectivity index (χ2n) is 4.51. The number of carbonyl (C=O) groups excluding carboxylic acids is 1. The van der Waals surface area contributed by atoms with E-state index in [9.17, 15) is 4.79 Å². The van der Waals surface area contributed by atoms with Gasteiger partial charge in [0.2, 0.25) is 0 Å². The maximum atomic E-state index is 12.2. The van der Waals surface area contributed by atoms with Crippen molar-refractivity contribution in [2.24, 2.45) is 0 Å². The van der Waals surface area contributed by atoms with Crippen LogP contribution in [0.15, 0.2) is 22.7 Å². The maximum Gasteiger partial charge on any atom is 0.251 e. The molecule has 0 fully saturated rings. The predicted octanol–water partition coefficient (Wildman–Crippen LogP) is 4.67. The standard InChI is InChI=1S/C14H14BrClN2OS/c1-7-13(20-9(3)17-7)8(2)18-14(19)10-4-5-12(16)11(15)6-10/h4-6,8H,1-3H3,(H,18,19). The highest BCUT2D eigenvalue weighted by molar-refractivity contribution is 9.10. The van der Waals surface area contributed by atoms with E-state index in [1.807, 2.05) is 20.8 Å². The number of hydrogen-bond donors (Lipinski definition) is 1. The van der Waals surface area contributed by atoms with Crippen LogP contribution in [0.25, 0.3) is 0 Å². The van der Waals surface area contributed by atoms with E-state index in [-0.39, 0.29) is 11.9 Å². The van der Waals surface area contributed by atoms with Crippen LogP contribution in [0.2, 0.25) is 5.02 Å². The van der Waals surface area contributed by atoms with Gasteiger partial charge in [0.15, 0.2) is 0 Å². The van der Waals surface area contributed by atoms with Gasteiger partial charge in [0.25, 0.3) is 5.91 Å². The molecule has 0 spiro atoms. The molecule has 1 amide bonds. The minimum absolute atomic E-state index is 0.0665. The number of nitrogens with zero attached hydrogens (tertiary/aromatic N) is 1. The Morgan fingerprint density at radius 2 is 2.15 bits per heavy atom. The van der Waals surface area contributed by atoms with Gasteiger partial charge in [-0.15, -0.1) is 11.3 Å². The number of thiazole rings is 1. The summed E-state index contributed by atoms with van der Waals surface area (Å²) in [6.07, 6.45) is 0. The molecule has 0 aliphatic carbocycles. The van der Waals surface area contributed by atoms with Crippen molar-refractivity contribution in [1.29, 1.82) is 0 Å². The third-order valence-electron chi connectivity index (χ3n) is 2.86. The van der Waals surface area contributed by atoms with Gasteiger partial charge in [-0.05, 0) is 54.9 Å². The Kier molecular flexibility index (Phi) is 4.83. The van der Waals surface area contributed by atoms with E-state index in [1.54, 1.807) is 29.5 Å². The molecule has 0 aliphatic heterocycles. The molecule has 1 heterocycles. The smallest absolute Gasteiger partial charge is 0.251 e. The number of aryl methyl sites for hydroxylation is 2. The number of benzene rings is 1. The van der Waals surface area contributed by atoms with Gasteiger partial charge in [0.05, 0.1) is 21.8 Å². The summed E-state index contributed by atoms with van der Waals surface area (Å²) < 4.78 is 0.712. The highest BCUT2D eigenvalue weighted by atomic mass is 79.9. The third-order valence-corrected chi connectivity index (χ3v) is 5.33. The van der Waals surface area contributed by atoms with Crippen molar-refractivity contribution in [2.75, 3.05) is 0 Å². The molecular weight excluding hydrogens is 360 g/mol. The second kappa shape index (κ2) is 6.24. The van der Waals surface area contributed by atoms with Crippen LogP contribution in [0.5, 0.6) is 0 Å². The minimum atomic E-state index is -0.125. The van der Waals surface area contributed by atoms with Crippen molar-refractivity contribution in [2.45, 2.75) is 26.8 Å². The fourth-order valence-corrected chi connectivity index (χ4v) is 3.36. The van der Waals surface area contributed by atoms with Gasteiger partial charge in [0.1, 0.15) is 0 Å². The largest absolute Gasteiger partial charge is 0.345 e. The zero-order valence-corrected chi connectivity index (χ0v) is 14.5. The van der Waals surface area contributed by atoms with E-state index in [1.165, 1.54) is 0 Å². The molecule has 0 aliphatic rings. The van der Waals surface area contributed by atoms with Crippen molar-refractivity contribution >= 4 is 44.8 Å². The highest BCUT2D eigenvalue weighted by Gasteiger charge is 2.16. The Morgan fingerprint density at radius 1 is 1.45 bits per heavy atom. The Labute approximate surface area is 135 Å². The first-order valence-electron chi connectivity index (χ1n) is 6.08. The fourth-order valence-electron chi connectivity index (χ4n) is 1.93. The molecule has 2 rings (SSSR count). The maximum absolute atomic E-state index is 12.2.